The lowest BCUT2D eigenvalue weighted by molar-refractivity contribution is -0.115. The molecule has 0 aromatic heterocycles. The fraction of sp³-hybridized carbons (Fsp3) is 0.348. The normalized spacial score (nSPS) is 12.0. The van der Waals surface area contributed by atoms with Crippen LogP contribution in [0.25, 0.3) is 11.3 Å². The smallest absolute Gasteiger partial charge is 0.255 e. The van der Waals surface area contributed by atoms with Gasteiger partial charge >= 0.3 is 0 Å². The summed E-state index contributed by atoms with van der Waals surface area (Å²) in [5, 5.41) is 23.0. The third kappa shape index (κ3) is 4.40. The van der Waals surface area contributed by atoms with Gasteiger partial charge in [-0.15, -0.1) is 0 Å². The molecule has 0 bridgehead atoms. The van der Waals surface area contributed by atoms with Crippen LogP contribution in [0.5, 0.6) is 0 Å². The van der Waals surface area contributed by atoms with Crippen LogP contribution in [-0.4, -0.2) is 29.3 Å². The number of benzene rings is 2. The zero-order valence-corrected chi connectivity index (χ0v) is 17.0. The summed E-state index contributed by atoms with van der Waals surface area (Å²) >= 11 is 0. The number of amides is 1. The molecule has 2 aromatic carbocycles. The van der Waals surface area contributed by atoms with Gasteiger partial charge < -0.3 is 15.5 Å². The van der Waals surface area contributed by atoms with Gasteiger partial charge in [0, 0.05) is 12.1 Å². The van der Waals surface area contributed by atoms with E-state index >= 15 is 0 Å². The fourth-order valence-electron chi connectivity index (χ4n) is 3.85. The zero-order valence-electron chi connectivity index (χ0n) is 17.0. The lowest BCUT2D eigenvalue weighted by Gasteiger charge is -2.19. The van der Waals surface area contributed by atoms with Gasteiger partial charge in [0.2, 0.25) is 0 Å². The standard InChI is InChI=1S/C23H29NO3/c1-13-9-15(3)19(16(4)10-13)21(23(27)24-7-8-25)22(26)20-17(5)11-14(2)12-18(20)6/h9-12,25-26H,7-8H2,1-6H3,(H,24,27)/b22-21-. The Labute approximate surface area is 161 Å². The van der Waals surface area contributed by atoms with Crippen LogP contribution in [0.15, 0.2) is 24.3 Å². The van der Waals surface area contributed by atoms with E-state index in [4.69, 9.17) is 5.11 Å². The van der Waals surface area contributed by atoms with Crippen LogP contribution >= 0.6 is 0 Å². The molecule has 2 rings (SSSR count). The van der Waals surface area contributed by atoms with Crippen LogP contribution in [0.3, 0.4) is 0 Å². The SMILES string of the molecule is Cc1cc(C)c(/C(O)=C(/C(=O)NCCO)c2c(C)cc(C)cc2C)c(C)c1. The van der Waals surface area contributed by atoms with Crippen molar-refractivity contribution in [1.29, 1.82) is 0 Å². The summed E-state index contributed by atoms with van der Waals surface area (Å²) < 4.78 is 0. The maximum Gasteiger partial charge on any atom is 0.255 e. The van der Waals surface area contributed by atoms with Gasteiger partial charge in [0.05, 0.1) is 12.2 Å². The molecule has 0 aliphatic carbocycles. The number of aryl methyl sites for hydroxylation is 6. The summed E-state index contributed by atoms with van der Waals surface area (Å²) in [5.74, 6) is -0.425. The van der Waals surface area contributed by atoms with Crippen LogP contribution in [0.4, 0.5) is 0 Å². The Hall–Kier alpha value is -2.59. The summed E-state index contributed by atoms with van der Waals surface area (Å²) in [6.07, 6.45) is 0. The Morgan fingerprint density at radius 2 is 1.22 bits per heavy atom. The van der Waals surface area contributed by atoms with E-state index in [0.717, 1.165) is 38.9 Å². The van der Waals surface area contributed by atoms with E-state index in [0.29, 0.717) is 5.56 Å². The second kappa shape index (κ2) is 8.40. The first kappa shape index (κ1) is 20.7. The Morgan fingerprint density at radius 1 is 0.815 bits per heavy atom. The number of hydrogen-bond acceptors (Lipinski definition) is 3. The molecule has 0 aliphatic rings. The van der Waals surface area contributed by atoms with Crippen LogP contribution < -0.4 is 5.32 Å². The third-order valence-electron chi connectivity index (χ3n) is 4.70. The number of carbonyl (C=O) groups excluding carboxylic acids is 1. The van der Waals surface area contributed by atoms with Gasteiger partial charge in [-0.2, -0.15) is 0 Å². The molecule has 2 aromatic rings. The number of carbonyl (C=O) groups is 1. The maximum absolute atomic E-state index is 13.0. The van der Waals surface area contributed by atoms with Crippen molar-refractivity contribution in [3.8, 4) is 0 Å². The topological polar surface area (TPSA) is 69.6 Å². The van der Waals surface area contributed by atoms with Gasteiger partial charge in [0.15, 0.2) is 0 Å². The molecule has 4 heteroatoms. The molecule has 144 valence electrons. The van der Waals surface area contributed by atoms with Crippen LogP contribution in [-0.2, 0) is 4.79 Å². The van der Waals surface area contributed by atoms with Gasteiger partial charge in [-0.1, -0.05) is 35.4 Å². The first-order chi connectivity index (χ1) is 12.7. The highest BCUT2D eigenvalue weighted by atomic mass is 16.3. The maximum atomic E-state index is 13.0. The second-order valence-electron chi connectivity index (χ2n) is 7.25. The molecule has 0 unspecified atom stereocenters. The van der Waals surface area contributed by atoms with Crippen molar-refractivity contribution in [2.45, 2.75) is 41.5 Å². The highest BCUT2D eigenvalue weighted by Crippen LogP contribution is 2.33. The highest BCUT2D eigenvalue weighted by Gasteiger charge is 2.24. The van der Waals surface area contributed by atoms with E-state index in [1.165, 1.54) is 0 Å². The monoisotopic (exact) mass is 367 g/mol. The molecule has 0 radical (unpaired) electrons. The summed E-state index contributed by atoms with van der Waals surface area (Å²) in [7, 11) is 0. The van der Waals surface area contributed by atoms with Crippen molar-refractivity contribution < 1.29 is 15.0 Å². The molecule has 0 heterocycles. The average Bonchev–Trinajstić information content (AvgIpc) is 2.54. The summed E-state index contributed by atoms with van der Waals surface area (Å²) in [6.45, 7) is 11.7. The number of nitrogens with one attached hydrogen (secondary N) is 1. The number of hydrogen-bond donors (Lipinski definition) is 3. The highest BCUT2D eigenvalue weighted by molar-refractivity contribution is 6.26. The number of aliphatic hydroxyl groups is 2. The lowest BCUT2D eigenvalue weighted by Crippen LogP contribution is -2.28. The lowest BCUT2D eigenvalue weighted by atomic mass is 9.88. The summed E-state index contributed by atoms with van der Waals surface area (Å²) in [4.78, 5) is 13.0. The Balaban J connectivity index is 2.82. The van der Waals surface area contributed by atoms with Gasteiger partial charge in [0.1, 0.15) is 5.76 Å². The molecule has 3 N–H and O–H groups in total. The molecule has 4 nitrogen and oxygen atoms in total. The molecule has 0 atom stereocenters. The molecule has 0 fully saturated rings. The van der Waals surface area contributed by atoms with Gasteiger partial charge in [-0.05, 0) is 69.4 Å². The molecule has 0 saturated carbocycles. The molecule has 27 heavy (non-hydrogen) atoms. The zero-order chi connectivity index (χ0) is 20.3. The summed E-state index contributed by atoms with van der Waals surface area (Å²) in [5.41, 5.74) is 7.54. The van der Waals surface area contributed by atoms with E-state index in [1.807, 2.05) is 65.8 Å². The predicted molar refractivity (Wildman–Crippen MR) is 111 cm³/mol. The molecular formula is C23H29NO3. The molecule has 1 amide bonds. The van der Waals surface area contributed by atoms with Gasteiger partial charge in [0.25, 0.3) is 5.91 Å². The van der Waals surface area contributed by atoms with Crippen LogP contribution in [0.2, 0.25) is 0 Å². The van der Waals surface area contributed by atoms with Gasteiger partial charge in [-0.3, -0.25) is 4.79 Å². The van der Waals surface area contributed by atoms with Crippen molar-refractivity contribution in [3.63, 3.8) is 0 Å². The Morgan fingerprint density at radius 3 is 1.63 bits per heavy atom. The van der Waals surface area contributed by atoms with Crippen molar-refractivity contribution in [2.24, 2.45) is 0 Å². The van der Waals surface area contributed by atoms with Gasteiger partial charge in [-0.25, -0.2) is 0 Å². The van der Waals surface area contributed by atoms with Crippen molar-refractivity contribution in [3.05, 3.63) is 68.8 Å². The minimum Gasteiger partial charge on any atom is -0.506 e. The average molecular weight is 367 g/mol. The first-order valence-corrected chi connectivity index (χ1v) is 9.16. The minimum atomic E-state index is -0.393. The minimum absolute atomic E-state index is 0.0320. The van der Waals surface area contributed by atoms with E-state index in [1.54, 1.807) is 0 Å². The number of rotatable bonds is 5. The van der Waals surface area contributed by atoms with E-state index in [2.05, 4.69) is 5.32 Å². The van der Waals surface area contributed by atoms with Crippen molar-refractivity contribution in [1.82, 2.24) is 5.32 Å². The quantitative estimate of drug-likeness (QED) is 0.424. The van der Waals surface area contributed by atoms with Crippen molar-refractivity contribution >= 4 is 17.2 Å². The Bertz CT molecular complexity index is 864. The van der Waals surface area contributed by atoms with Crippen LogP contribution in [0.1, 0.15) is 44.5 Å². The predicted octanol–water partition coefficient (Wildman–Crippen LogP) is 4.07. The molecule has 0 aliphatic heterocycles. The summed E-state index contributed by atoms with van der Waals surface area (Å²) in [6, 6.07) is 8.00. The fourth-order valence-corrected chi connectivity index (χ4v) is 3.85. The molecule has 0 saturated heterocycles. The molecule has 0 spiro atoms. The van der Waals surface area contributed by atoms with E-state index < -0.39 is 5.91 Å². The third-order valence-corrected chi connectivity index (χ3v) is 4.70. The number of aliphatic hydroxyl groups excluding tert-OH is 2. The Kier molecular flexibility index (Phi) is 6.45. The van der Waals surface area contributed by atoms with E-state index in [-0.39, 0.29) is 24.5 Å². The largest absolute Gasteiger partial charge is 0.506 e. The van der Waals surface area contributed by atoms with Crippen molar-refractivity contribution in [2.75, 3.05) is 13.2 Å². The second-order valence-corrected chi connectivity index (χ2v) is 7.25. The first-order valence-electron chi connectivity index (χ1n) is 9.16. The van der Waals surface area contributed by atoms with Crippen LogP contribution in [0, 0.1) is 41.5 Å². The molecular weight excluding hydrogens is 338 g/mol. The van der Waals surface area contributed by atoms with E-state index in [9.17, 15) is 9.90 Å².